The first kappa shape index (κ1) is 23.5. The maximum Gasteiger partial charge on any atom is 0.172 e. The molecule has 6 rings (SSSR count). The van der Waals surface area contributed by atoms with Gasteiger partial charge in [-0.25, -0.2) is 0 Å². The van der Waals surface area contributed by atoms with E-state index in [9.17, 15) is 9.90 Å². The number of aliphatic hydroxyl groups is 1. The van der Waals surface area contributed by atoms with Crippen LogP contribution in [-0.4, -0.2) is 31.9 Å². The Labute approximate surface area is 215 Å². The molecule has 0 saturated carbocycles. The van der Waals surface area contributed by atoms with Crippen molar-refractivity contribution in [3.8, 4) is 0 Å². The lowest BCUT2D eigenvalue weighted by Gasteiger charge is -2.21. The zero-order chi connectivity index (χ0) is 26.3. The highest BCUT2D eigenvalue weighted by Gasteiger charge is 2.43. The van der Waals surface area contributed by atoms with E-state index in [4.69, 9.17) is 0 Å². The number of hydrogen-bond acceptors (Lipinski definition) is 3. The summed E-state index contributed by atoms with van der Waals surface area (Å²) in [6.45, 7) is 16.7. The largest absolute Gasteiger partial charge is 0.515 e. The summed E-state index contributed by atoms with van der Waals surface area (Å²) in [5, 5.41) is 17.3. The molecule has 1 aliphatic carbocycles. The zero-order valence-electron chi connectivity index (χ0n) is 22.3. The van der Waals surface area contributed by atoms with Gasteiger partial charge in [-0.2, -0.15) is 0 Å². The number of ketones is 1. The number of aliphatic hydroxyl groups excluding tert-OH is 1. The van der Waals surface area contributed by atoms with Crippen LogP contribution in [0.15, 0.2) is 12.3 Å². The molecule has 0 radical (unpaired) electrons. The normalized spacial score (nSPS) is 27.8. The van der Waals surface area contributed by atoms with Gasteiger partial charge in [-0.3, -0.25) is 4.79 Å². The highest BCUT2D eigenvalue weighted by atomic mass is 16.2. The van der Waals surface area contributed by atoms with Crippen LogP contribution in [0, 0.1) is 38.5 Å². The van der Waals surface area contributed by atoms with E-state index in [0.717, 1.165) is 83.7 Å². The van der Waals surface area contributed by atoms with Gasteiger partial charge in [0, 0.05) is 56.3 Å². The van der Waals surface area contributed by atoms with E-state index in [1.165, 1.54) is 0 Å². The van der Waals surface area contributed by atoms with Crippen LogP contribution in [-0.2, 0) is 0 Å². The first-order valence-electron chi connectivity index (χ1n) is 13.0. The summed E-state index contributed by atoms with van der Waals surface area (Å²) < 4.78 is 0. The Morgan fingerprint density at radius 1 is 0.892 bits per heavy atom. The Hall–Kier alpha value is -3.93. The van der Waals surface area contributed by atoms with Gasteiger partial charge in [-0.05, 0) is 67.2 Å². The fourth-order valence-corrected chi connectivity index (χ4v) is 6.53. The van der Waals surface area contributed by atoms with Gasteiger partial charge < -0.3 is 25.4 Å². The molecule has 6 heteroatoms. The van der Waals surface area contributed by atoms with Gasteiger partial charge in [0.15, 0.2) is 5.78 Å². The molecule has 3 aromatic rings. The Morgan fingerprint density at radius 2 is 1.59 bits per heavy atom. The summed E-state index contributed by atoms with van der Waals surface area (Å²) in [5.74, 6) is 0.632. The third-order valence-electron chi connectivity index (χ3n) is 9.09. The van der Waals surface area contributed by atoms with Gasteiger partial charge in [-0.1, -0.05) is 33.4 Å². The number of carbonyl (C=O) groups excluding carboxylic acids is 1. The van der Waals surface area contributed by atoms with Gasteiger partial charge in [-0.15, -0.1) is 0 Å². The Morgan fingerprint density at radius 3 is 2.30 bits per heavy atom. The topological polar surface area (TPSA) is 96.7 Å². The molecule has 1 saturated heterocycles. The summed E-state index contributed by atoms with van der Waals surface area (Å²) in [6, 6.07) is 0.0647. The van der Waals surface area contributed by atoms with Crippen molar-refractivity contribution in [3.63, 3.8) is 0 Å². The molecule has 2 aliphatic heterocycles. The van der Waals surface area contributed by atoms with Crippen molar-refractivity contribution in [2.75, 3.05) is 0 Å². The molecule has 0 spiro atoms. The average Bonchev–Trinajstić information content (AvgIpc) is 3.58. The van der Waals surface area contributed by atoms with E-state index < -0.39 is 0 Å². The minimum Gasteiger partial charge on any atom is -0.515 e. The van der Waals surface area contributed by atoms with E-state index in [1.54, 1.807) is 0 Å². The third kappa shape index (κ3) is 3.14. The summed E-state index contributed by atoms with van der Waals surface area (Å²) in [7, 11) is 0. The van der Waals surface area contributed by atoms with Gasteiger partial charge in [0.2, 0.25) is 0 Å². The van der Waals surface area contributed by atoms with E-state index in [1.807, 2.05) is 39.0 Å². The van der Waals surface area contributed by atoms with Crippen molar-refractivity contribution >= 4 is 41.9 Å². The number of rotatable bonds is 1. The standard InChI is InChI=1S/C31H34N4O2/c1-8-19-15(4)22-9-21-13(2)14(3)29(34-21)27-18(7)31(37)28-17(6)24(35-30(27)28)10-23-16(5)20(12-36)26(33-23)11-25(19)32-22/h8-14,18,29,32-36H,1H2,2-7H3/b20-12-,21-9-,24-10-,26-11-/t13-,14-,18+,29?/m0/s1. The molecule has 5 N–H and O–H groups in total. The van der Waals surface area contributed by atoms with Crippen LogP contribution in [0.4, 0.5) is 0 Å². The number of Topliss-reactive ketones (excluding diaryl/α,β-unsaturated/α-hetero) is 1. The second-order valence-corrected chi connectivity index (χ2v) is 10.9. The fraction of sp³-hybridized carbons (Fsp3) is 0.323. The van der Waals surface area contributed by atoms with Crippen molar-refractivity contribution in [1.82, 2.24) is 20.3 Å². The van der Waals surface area contributed by atoms with Crippen molar-refractivity contribution in [3.05, 3.63) is 78.4 Å². The number of allylic oxidation sites excluding steroid dienone is 1. The molecule has 0 aromatic carbocycles. The molecule has 6 nitrogen and oxygen atoms in total. The van der Waals surface area contributed by atoms with Gasteiger partial charge in [0.1, 0.15) is 0 Å². The Kier molecular flexibility index (Phi) is 5.10. The van der Waals surface area contributed by atoms with Gasteiger partial charge in [0.05, 0.1) is 23.0 Å². The molecule has 8 bridgehead atoms. The molecule has 1 unspecified atom stereocenters. The van der Waals surface area contributed by atoms with Gasteiger partial charge in [0.25, 0.3) is 0 Å². The first-order valence-corrected chi connectivity index (χ1v) is 13.0. The van der Waals surface area contributed by atoms with Crippen LogP contribution in [0.1, 0.15) is 70.5 Å². The van der Waals surface area contributed by atoms with Crippen LogP contribution < -0.4 is 26.6 Å². The number of carbonyl (C=O) groups is 1. The molecular formula is C31H34N4O2. The van der Waals surface area contributed by atoms with E-state index in [2.05, 4.69) is 53.7 Å². The Balaban J connectivity index is 1.76. The maximum absolute atomic E-state index is 13.5. The molecule has 4 atom stereocenters. The minimum atomic E-state index is -0.172. The maximum atomic E-state index is 13.5. The molecule has 37 heavy (non-hydrogen) atoms. The fourth-order valence-electron chi connectivity index (χ4n) is 6.53. The summed E-state index contributed by atoms with van der Waals surface area (Å²) >= 11 is 0. The summed E-state index contributed by atoms with van der Waals surface area (Å²) in [5.41, 5.74) is 10.0. The SMILES string of the molecule is C=Cc1c2[nH]c(c1C)/C=C1\NC(C3=c4[nH]/c(c(C)c4C(=O)[C@@H]3C)=C\c3[nH]c(/c(=C\O)c3C)=C\2)[C@@H](C)[C@@H]1C. The van der Waals surface area contributed by atoms with E-state index in [-0.39, 0.29) is 17.7 Å². The molecule has 3 aliphatic rings. The lowest BCUT2D eigenvalue weighted by molar-refractivity contribution is 0.0960. The predicted octanol–water partition coefficient (Wildman–Crippen LogP) is 2.77. The van der Waals surface area contributed by atoms with Crippen molar-refractivity contribution < 1.29 is 9.90 Å². The molecule has 5 heterocycles. The Bertz CT molecular complexity index is 1790. The smallest absolute Gasteiger partial charge is 0.172 e. The molecule has 190 valence electrons. The molecule has 0 amide bonds. The lowest BCUT2D eigenvalue weighted by Crippen LogP contribution is -2.33. The third-order valence-corrected chi connectivity index (χ3v) is 9.09. The average molecular weight is 495 g/mol. The zero-order valence-corrected chi connectivity index (χ0v) is 22.3. The number of H-pyrrole nitrogens is 3. The van der Waals surface area contributed by atoms with E-state index in [0.29, 0.717) is 11.8 Å². The number of fused-ring (bicyclic) bond motifs is 8. The van der Waals surface area contributed by atoms with Crippen molar-refractivity contribution in [1.29, 1.82) is 0 Å². The van der Waals surface area contributed by atoms with Crippen LogP contribution in [0.2, 0.25) is 0 Å². The molecule has 1 fully saturated rings. The van der Waals surface area contributed by atoms with Crippen LogP contribution in [0.3, 0.4) is 0 Å². The van der Waals surface area contributed by atoms with Gasteiger partial charge >= 0.3 is 0 Å². The second kappa shape index (κ2) is 8.04. The van der Waals surface area contributed by atoms with Crippen molar-refractivity contribution in [2.45, 2.75) is 47.6 Å². The molecule has 3 aromatic heterocycles. The van der Waals surface area contributed by atoms with Crippen LogP contribution in [0.5, 0.6) is 0 Å². The number of nitrogens with one attached hydrogen (secondary N) is 4. The van der Waals surface area contributed by atoms with Crippen LogP contribution in [0.25, 0.3) is 36.1 Å². The highest BCUT2D eigenvalue weighted by molar-refractivity contribution is 6.08. The predicted molar refractivity (Wildman–Crippen MR) is 150 cm³/mol. The monoisotopic (exact) mass is 494 g/mol. The second-order valence-electron chi connectivity index (χ2n) is 10.9. The number of aromatic nitrogens is 3. The van der Waals surface area contributed by atoms with Crippen molar-refractivity contribution in [2.24, 2.45) is 17.8 Å². The van der Waals surface area contributed by atoms with Crippen LogP contribution >= 0.6 is 0 Å². The summed E-state index contributed by atoms with van der Waals surface area (Å²) in [4.78, 5) is 24.2. The highest BCUT2D eigenvalue weighted by Crippen LogP contribution is 2.39. The lowest BCUT2D eigenvalue weighted by atomic mass is 9.84. The quantitative estimate of drug-likeness (QED) is 0.360. The number of aromatic amines is 3. The van der Waals surface area contributed by atoms with E-state index >= 15 is 0 Å². The summed E-state index contributed by atoms with van der Waals surface area (Å²) in [6.07, 6.45) is 9.32. The number of hydrogen-bond donors (Lipinski definition) is 5. The first-order chi connectivity index (χ1) is 17.7. The molecular weight excluding hydrogens is 460 g/mol. The minimum absolute atomic E-state index is 0.0647.